The molecule has 2 rings (SSSR count). The number of benzene rings is 1. The topological polar surface area (TPSA) is 65.3 Å². The van der Waals surface area contributed by atoms with Crippen molar-refractivity contribution in [2.45, 2.75) is 6.18 Å². The van der Waals surface area contributed by atoms with E-state index < -0.39 is 16.7 Å². The summed E-state index contributed by atoms with van der Waals surface area (Å²) in [6.45, 7) is 0. The van der Waals surface area contributed by atoms with Crippen molar-refractivity contribution < 1.29 is 22.8 Å². The molecule has 0 fully saturated rings. The highest BCUT2D eigenvalue weighted by atomic mass is 19.4. The van der Waals surface area contributed by atoms with Crippen molar-refractivity contribution in [3.05, 3.63) is 52.2 Å². The molecule has 5 nitrogen and oxygen atoms in total. The van der Waals surface area contributed by atoms with Crippen LogP contribution in [0, 0.1) is 10.1 Å². The highest BCUT2D eigenvalue weighted by Crippen LogP contribution is 2.34. The minimum absolute atomic E-state index is 0.0976. The third-order valence-electron chi connectivity index (χ3n) is 2.76. The van der Waals surface area contributed by atoms with Crippen LogP contribution in [0.2, 0.25) is 0 Å². The molecular weight excluding hydrogens is 289 g/mol. The lowest BCUT2D eigenvalue weighted by atomic mass is 10.0. The van der Waals surface area contributed by atoms with Crippen molar-refractivity contribution in [2.75, 3.05) is 7.11 Å². The van der Waals surface area contributed by atoms with Crippen LogP contribution >= 0.6 is 0 Å². The summed E-state index contributed by atoms with van der Waals surface area (Å²) in [5.41, 5.74) is -0.481. The zero-order valence-corrected chi connectivity index (χ0v) is 10.7. The standard InChI is InChI=1S/C13H9F3N2O3/c1-21-12-11(6-10(7-17-12)18(19)20)8-2-4-9(5-3-8)13(14,15)16/h2-7H,1H3. The summed E-state index contributed by atoms with van der Waals surface area (Å²) in [6, 6.07) is 5.42. The Hall–Kier alpha value is -2.64. The van der Waals surface area contributed by atoms with Crippen LogP contribution in [0.5, 0.6) is 5.88 Å². The molecule has 21 heavy (non-hydrogen) atoms. The summed E-state index contributed by atoms with van der Waals surface area (Å²) in [5, 5.41) is 10.7. The lowest BCUT2D eigenvalue weighted by molar-refractivity contribution is -0.385. The quantitative estimate of drug-likeness (QED) is 0.640. The summed E-state index contributed by atoms with van der Waals surface area (Å²) in [5.74, 6) is 0.0976. The monoisotopic (exact) mass is 298 g/mol. The summed E-state index contributed by atoms with van der Waals surface area (Å²) < 4.78 is 42.5. The molecule has 0 aliphatic heterocycles. The molecule has 8 heteroatoms. The third-order valence-corrected chi connectivity index (χ3v) is 2.76. The van der Waals surface area contributed by atoms with E-state index in [2.05, 4.69) is 4.98 Å². The van der Waals surface area contributed by atoms with E-state index in [1.54, 1.807) is 0 Å². The first-order valence-electron chi connectivity index (χ1n) is 5.69. The largest absolute Gasteiger partial charge is 0.481 e. The van der Waals surface area contributed by atoms with Gasteiger partial charge in [-0.2, -0.15) is 13.2 Å². The lowest BCUT2D eigenvalue weighted by Crippen LogP contribution is -2.04. The van der Waals surface area contributed by atoms with E-state index in [0.717, 1.165) is 18.3 Å². The molecule has 0 unspecified atom stereocenters. The van der Waals surface area contributed by atoms with Gasteiger partial charge in [0.15, 0.2) is 0 Å². The van der Waals surface area contributed by atoms with Gasteiger partial charge in [-0.1, -0.05) is 12.1 Å². The van der Waals surface area contributed by atoms with Gasteiger partial charge in [0, 0.05) is 6.07 Å². The molecule has 0 saturated heterocycles. The van der Waals surface area contributed by atoms with Gasteiger partial charge in [-0.25, -0.2) is 4.98 Å². The third kappa shape index (κ3) is 3.10. The Balaban J connectivity index is 2.50. The summed E-state index contributed by atoms with van der Waals surface area (Å²) in [7, 11) is 1.32. The molecule has 0 radical (unpaired) electrons. The second-order valence-corrected chi connectivity index (χ2v) is 4.08. The zero-order valence-electron chi connectivity index (χ0n) is 10.7. The maximum absolute atomic E-state index is 12.5. The SMILES string of the molecule is COc1ncc([N+](=O)[O-])cc1-c1ccc(C(F)(F)F)cc1. The van der Waals surface area contributed by atoms with Crippen molar-refractivity contribution in [1.82, 2.24) is 4.98 Å². The Bertz CT molecular complexity index is 669. The Morgan fingerprint density at radius 2 is 1.86 bits per heavy atom. The van der Waals surface area contributed by atoms with Crippen LogP contribution in [0.3, 0.4) is 0 Å². The van der Waals surface area contributed by atoms with E-state index >= 15 is 0 Å². The molecule has 1 aromatic carbocycles. The van der Waals surface area contributed by atoms with E-state index in [1.165, 1.54) is 25.3 Å². The average Bonchev–Trinajstić information content (AvgIpc) is 2.45. The average molecular weight is 298 g/mol. The van der Waals surface area contributed by atoms with Gasteiger partial charge in [0.2, 0.25) is 5.88 Å². The van der Waals surface area contributed by atoms with Crippen LogP contribution in [0.1, 0.15) is 5.56 Å². The van der Waals surface area contributed by atoms with Crippen LogP contribution < -0.4 is 4.74 Å². The molecular formula is C13H9F3N2O3. The number of pyridine rings is 1. The van der Waals surface area contributed by atoms with E-state index in [9.17, 15) is 23.3 Å². The lowest BCUT2D eigenvalue weighted by Gasteiger charge is -2.09. The molecule has 0 atom stereocenters. The molecule has 1 aromatic heterocycles. The number of hydrogen-bond donors (Lipinski definition) is 0. The van der Waals surface area contributed by atoms with Crippen molar-refractivity contribution in [3.8, 4) is 17.0 Å². The number of alkyl halides is 3. The van der Waals surface area contributed by atoms with Crippen molar-refractivity contribution in [1.29, 1.82) is 0 Å². The fraction of sp³-hybridized carbons (Fsp3) is 0.154. The highest BCUT2D eigenvalue weighted by Gasteiger charge is 2.30. The number of methoxy groups -OCH3 is 1. The molecule has 0 bridgehead atoms. The van der Waals surface area contributed by atoms with Crippen LogP contribution in [0.15, 0.2) is 36.5 Å². The van der Waals surface area contributed by atoms with E-state index in [4.69, 9.17) is 4.74 Å². The molecule has 0 spiro atoms. The molecule has 1 heterocycles. The first-order chi connectivity index (χ1) is 9.82. The predicted molar refractivity (Wildman–Crippen MR) is 67.9 cm³/mol. The Morgan fingerprint density at radius 1 is 1.24 bits per heavy atom. The molecule has 2 aromatic rings. The van der Waals surface area contributed by atoms with Crippen molar-refractivity contribution in [3.63, 3.8) is 0 Å². The number of nitrogens with zero attached hydrogens (tertiary/aromatic N) is 2. The number of hydrogen-bond acceptors (Lipinski definition) is 4. The molecule has 0 aliphatic carbocycles. The fourth-order valence-corrected chi connectivity index (χ4v) is 1.75. The molecule has 110 valence electrons. The number of aromatic nitrogens is 1. The second-order valence-electron chi connectivity index (χ2n) is 4.08. The maximum Gasteiger partial charge on any atom is 0.416 e. The minimum Gasteiger partial charge on any atom is -0.481 e. The Labute approximate surface area is 117 Å². The van der Waals surface area contributed by atoms with Gasteiger partial charge in [0.1, 0.15) is 6.20 Å². The molecule has 0 aliphatic rings. The van der Waals surface area contributed by atoms with Crippen molar-refractivity contribution in [2.24, 2.45) is 0 Å². The van der Waals surface area contributed by atoms with Gasteiger partial charge in [0.25, 0.3) is 5.69 Å². The summed E-state index contributed by atoms with van der Waals surface area (Å²) >= 11 is 0. The normalized spacial score (nSPS) is 11.2. The molecule has 0 saturated carbocycles. The zero-order chi connectivity index (χ0) is 15.6. The smallest absolute Gasteiger partial charge is 0.416 e. The number of ether oxygens (including phenoxy) is 1. The van der Waals surface area contributed by atoms with Gasteiger partial charge in [-0.3, -0.25) is 10.1 Å². The summed E-state index contributed by atoms with van der Waals surface area (Å²) in [4.78, 5) is 13.9. The van der Waals surface area contributed by atoms with E-state index in [0.29, 0.717) is 5.56 Å². The Kier molecular flexibility index (Phi) is 3.79. The fourth-order valence-electron chi connectivity index (χ4n) is 1.75. The van der Waals surface area contributed by atoms with E-state index in [-0.39, 0.29) is 17.1 Å². The Morgan fingerprint density at radius 3 is 2.33 bits per heavy atom. The predicted octanol–water partition coefficient (Wildman–Crippen LogP) is 3.68. The van der Waals surface area contributed by atoms with Gasteiger partial charge in [-0.05, 0) is 17.7 Å². The van der Waals surface area contributed by atoms with Crippen LogP contribution in [-0.2, 0) is 6.18 Å². The number of rotatable bonds is 3. The van der Waals surface area contributed by atoms with Crippen LogP contribution in [0.4, 0.5) is 18.9 Å². The first kappa shape index (κ1) is 14.8. The van der Waals surface area contributed by atoms with Crippen molar-refractivity contribution >= 4 is 5.69 Å². The first-order valence-corrected chi connectivity index (χ1v) is 5.69. The molecule has 0 N–H and O–H groups in total. The van der Waals surface area contributed by atoms with Crippen LogP contribution in [-0.4, -0.2) is 17.0 Å². The van der Waals surface area contributed by atoms with Gasteiger partial charge < -0.3 is 4.74 Å². The molecule has 0 amide bonds. The van der Waals surface area contributed by atoms with Gasteiger partial charge in [-0.15, -0.1) is 0 Å². The minimum atomic E-state index is -4.44. The van der Waals surface area contributed by atoms with Gasteiger partial charge in [0.05, 0.1) is 23.2 Å². The summed E-state index contributed by atoms with van der Waals surface area (Å²) in [6.07, 6.45) is -3.42. The van der Waals surface area contributed by atoms with Gasteiger partial charge >= 0.3 is 6.18 Å². The van der Waals surface area contributed by atoms with Crippen LogP contribution in [0.25, 0.3) is 11.1 Å². The van der Waals surface area contributed by atoms with E-state index in [1.807, 2.05) is 0 Å². The second kappa shape index (κ2) is 5.39. The number of halogens is 3. The highest BCUT2D eigenvalue weighted by molar-refractivity contribution is 5.71. The number of nitro groups is 1. The maximum atomic E-state index is 12.5.